The van der Waals surface area contributed by atoms with Crippen molar-refractivity contribution in [2.45, 2.75) is 97.7 Å². The number of amides is 1. The van der Waals surface area contributed by atoms with Crippen molar-refractivity contribution in [1.29, 1.82) is 0 Å². The second kappa shape index (κ2) is 12.3. The molecular weight excluding hydrogens is 386 g/mol. The summed E-state index contributed by atoms with van der Waals surface area (Å²) in [5.41, 5.74) is 0.742. The van der Waals surface area contributed by atoms with Gasteiger partial charge in [-0.3, -0.25) is 4.79 Å². The summed E-state index contributed by atoms with van der Waals surface area (Å²) in [7, 11) is 0. The average molecular weight is 426 g/mol. The van der Waals surface area contributed by atoms with Crippen LogP contribution < -0.4 is 14.8 Å². The van der Waals surface area contributed by atoms with Gasteiger partial charge < -0.3 is 14.8 Å². The maximum atomic E-state index is 11.7. The normalized spacial score (nSPS) is 12.0. The van der Waals surface area contributed by atoms with Gasteiger partial charge in [-0.25, -0.2) is 0 Å². The second-order valence-corrected chi connectivity index (χ2v) is 9.18. The summed E-state index contributed by atoms with van der Waals surface area (Å²) >= 11 is 5.62. The predicted octanol–water partition coefficient (Wildman–Crippen LogP) is 6.28. The number of rotatable bonds is 14. The van der Waals surface area contributed by atoms with E-state index >= 15 is 0 Å². The second-order valence-electron chi connectivity index (χ2n) is 8.80. The zero-order valence-electron chi connectivity index (χ0n) is 19.2. The van der Waals surface area contributed by atoms with E-state index in [0.29, 0.717) is 18.8 Å². The van der Waals surface area contributed by atoms with Crippen molar-refractivity contribution in [1.82, 2.24) is 5.32 Å². The Kier molecular flexibility index (Phi) is 10.9. The van der Waals surface area contributed by atoms with Gasteiger partial charge >= 0.3 is 0 Å². The van der Waals surface area contributed by atoms with E-state index in [9.17, 15) is 4.79 Å². The van der Waals surface area contributed by atoms with Gasteiger partial charge in [-0.05, 0) is 77.8 Å². The molecule has 1 amide bonds. The highest BCUT2D eigenvalue weighted by molar-refractivity contribution is 6.17. The van der Waals surface area contributed by atoms with Crippen LogP contribution in [0.1, 0.15) is 85.6 Å². The van der Waals surface area contributed by atoms with Gasteiger partial charge in [0, 0.05) is 24.9 Å². The third kappa shape index (κ3) is 10.3. The molecule has 29 heavy (non-hydrogen) atoms. The van der Waals surface area contributed by atoms with Gasteiger partial charge in [-0.1, -0.05) is 19.9 Å². The van der Waals surface area contributed by atoms with Crippen molar-refractivity contribution in [3.63, 3.8) is 0 Å². The Balaban J connectivity index is 2.73. The van der Waals surface area contributed by atoms with E-state index in [1.165, 1.54) is 5.56 Å². The minimum Gasteiger partial charge on any atom is -0.488 e. The molecule has 4 nitrogen and oxygen atoms in total. The molecule has 1 aromatic rings. The van der Waals surface area contributed by atoms with Crippen LogP contribution in [0.2, 0.25) is 0 Å². The van der Waals surface area contributed by atoms with Crippen LogP contribution in [0.5, 0.6) is 11.5 Å². The molecule has 0 spiro atoms. The van der Waals surface area contributed by atoms with E-state index in [1.54, 1.807) is 0 Å². The Morgan fingerprint density at radius 1 is 1.00 bits per heavy atom. The first-order chi connectivity index (χ1) is 13.6. The molecule has 0 aromatic heterocycles. The average Bonchev–Trinajstić information content (AvgIpc) is 2.67. The van der Waals surface area contributed by atoms with Crippen LogP contribution in [-0.4, -0.2) is 29.5 Å². The molecule has 0 aliphatic carbocycles. The topological polar surface area (TPSA) is 47.6 Å². The smallest absolute Gasteiger partial charge is 0.220 e. The molecule has 0 radical (unpaired) electrons. The van der Waals surface area contributed by atoms with Crippen LogP contribution in [0, 0.1) is 0 Å². The third-order valence-electron chi connectivity index (χ3n) is 5.25. The van der Waals surface area contributed by atoms with Crippen LogP contribution in [0.25, 0.3) is 0 Å². The first kappa shape index (κ1) is 25.6. The van der Waals surface area contributed by atoms with Crippen LogP contribution in [0.4, 0.5) is 0 Å². The SMILES string of the molecule is CCC(C)(C)Oc1ccc(CCCCNC(=O)CCCCl)c(OC(C)(C)CC)c1. The molecule has 0 saturated heterocycles. The van der Waals surface area contributed by atoms with Gasteiger partial charge in [0.2, 0.25) is 5.91 Å². The minimum absolute atomic E-state index is 0.0828. The van der Waals surface area contributed by atoms with Crippen LogP contribution in [-0.2, 0) is 11.2 Å². The van der Waals surface area contributed by atoms with Crippen molar-refractivity contribution in [3.05, 3.63) is 23.8 Å². The number of carbonyl (C=O) groups is 1. The number of halogens is 1. The van der Waals surface area contributed by atoms with E-state index in [0.717, 1.165) is 50.0 Å². The standard InChI is InChI=1S/C24H40ClNO3/c1-7-23(3,4)28-20-15-14-19(21(18-20)29-24(5,6)8-2)12-9-10-17-26-22(27)13-11-16-25/h14-15,18H,7-13,16-17H2,1-6H3,(H,26,27). The molecule has 0 bridgehead atoms. The van der Waals surface area contributed by atoms with E-state index in [1.807, 2.05) is 12.1 Å². The molecular formula is C24H40ClNO3. The lowest BCUT2D eigenvalue weighted by Gasteiger charge is -2.29. The highest BCUT2D eigenvalue weighted by Crippen LogP contribution is 2.32. The van der Waals surface area contributed by atoms with Gasteiger partial charge in [0.1, 0.15) is 22.7 Å². The molecule has 0 aliphatic heterocycles. The number of alkyl halides is 1. The molecule has 0 saturated carbocycles. The Morgan fingerprint density at radius 3 is 2.28 bits per heavy atom. The number of aryl methyl sites for hydroxylation is 1. The number of ether oxygens (including phenoxy) is 2. The molecule has 1 aromatic carbocycles. The summed E-state index contributed by atoms with van der Waals surface area (Å²) in [4.78, 5) is 11.7. The Labute approximate surface area is 182 Å². The highest BCUT2D eigenvalue weighted by atomic mass is 35.5. The maximum Gasteiger partial charge on any atom is 0.220 e. The number of unbranched alkanes of at least 4 members (excludes halogenated alkanes) is 1. The molecule has 166 valence electrons. The Bertz CT molecular complexity index is 629. The highest BCUT2D eigenvalue weighted by Gasteiger charge is 2.21. The molecule has 0 aliphatic rings. The predicted molar refractivity (Wildman–Crippen MR) is 122 cm³/mol. The number of carbonyl (C=O) groups excluding carboxylic acids is 1. The molecule has 1 rings (SSSR count). The van der Waals surface area contributed by atoms with E-state index in [-0.39, 0.29) is 17.1 Å². The van der Waals surface area contributed by atoms with Crippen molar-refractivity contribution in [3.8, 4) is 11.5 Å². The maximum absolute atomic E-state index is 11.7. The lowest BCUT2D eigenvalue weighted by Crippen LogP contribution is -2.28. The first-order valence-corrected chi connectivity index (χ1v) is 11.5. The first-order valence-electron chi connectivity index (χ1n) is 11.0. The quantitative estimate of drug-likeness (QED) is 0.282. The van der Waals surface area contributed by atoms with Gasteiger partial charge in [-0.2, -0.15) is 0 Å². The summed E-state index contributed by atoms with van der Waals surface area (Å²) in [5, 5.41) is 2.96. The molecule has 0 unspecified atom stereocenters. The minimum atomic E-state index is -0.232. The van der Waals surface area contributed by atoms with Crippen LogP contribution in [0.15, 0.2) is 18.2 Å². The monoisotopic (exact) mass is 425 g/mol. The van der Waals surface area contributed by atoms with Crippen LogP contribution >= 0.6 is 11.6 Å². The summed E-state index contributed by atoms with van der Waals surface area (Å²) in [5.74, 6) is 2.35. The number of benzene rings is 1. The fourth-order valence-electron chi connectivity index (χ4n) is 2.64. The summed E-state index contributed by atoms with van der Waals surface area (Å²) in [6, 6.07) is 6.17. The molecule has 1 N–H and O–H groups in total. The summed E-state index contributed by atoms with van der Waals surface area (Å²) in [6.07, 6.45) is 5.91. The fraction of sp³-hybridized carbons (Fsp3) is 0.708. The zero-order valence-corrected chi connectivity index (χ0v) is 20.0. The summed E-state index contributed by atoms with van der Waals surface area (Å²) in [6.45, 7) is 13.4. The Morgan fingerprint density at radius 2 is 1.66 bits per heavy atom. The van der Waals surface area contributed by atoms with Crippen molar-refractivity contribution in [2.75, 3.05) is 12.4 Å². The lowest BCUT2D eigenvalue weighted by molar-refractivity contribution is -0.121. The number of hydrogen-bond acceptors (Lipinski definition) is 3. The molecule has 0 heterocycles. The number of hydrogen-bond donors (Lipinski definition) is 1. The largest absolute Gasteiger partial charge is 0.488 e. The van der Waals surface area contributed by atoms with Gasteiger partial charge in [-0.15, -0.1) is 11.6 Å². The zero-order chi connectivity index (χ0) is 21.9. The fourth-order valence-corrected chi connectivity index (χ4v) is 2.78. The van der Waals surface area contributed by atoms with Crippen LogP contribution in [0.3, 0.4) is 0 Å². The lowest BCUT2D eigenvalue weighted by atomic mass is 10.0. The Hall–Kier alpha value is -1.42. The third-order valence-corrected chi connectivity index (χ3v) is 5.52. The molecule has 0 atom stereocenters. The van der Waals surface area contributed by atoms with Gasteiger partial charge in [0.05, 0.1) is 0 Å². The van der Waals surface area contributed by atoms with Crippen molar-refractivity contribution < 1.29 is 14.3 Å². The number of nitrogens with one attached hydrogen (secondary N) is 1. The molecule has 0 fully saturated rings. The van der Waals surface area contributed by atoms with Gasteiger partial charge in [0.25, 0.3) is 0 Å². The van der Waals surface area contributed by atoms with E-state index in [4.69, 9.17) is 21.1 Å². The van der Waals surface area contributed by atoms with Crippen molar-refractivity contribution in [2.24, 2.45) is 0 Å². The summed E-state index contributed by atoms with van der Waals surface area (Å²) < 4.78 is 12.5. The van der Waals surface area contributed by atoms with E-state index < -0.39 is 0 Å². The van der Waals surface area contributed by atoms with Gasteiger partial charge in [0.15, 0.2) is 0 Å². The van der Waals surface area contributed by atoms with Crippen molar-refractivity contribution >= 4 is 17.5 Å². The van der Waals surface area contributed by atoms with E-state index in [2.05, 4.69) is 52.9 Å². The molecule has 5 heteroatoms.